The highest BCUT2D eigenvalue weighted by Gasteiger charge is 2.17. The topological polar surface area (TPSA) is 84.5 Å². The number of halogens is 1. The molecule has 4 rings (SSSR count). The van der Waals surface area contributed by atoms with Crippen molar-refractivity contribution >= 4 is 39.1 Å². The van der Waals surface area contributed by atoms with Crippen molar-refractivity contribution in [3.8, 4) is 5.75 Å². The lowest BCUT2D eigenvalue weighted by molar-refractivity contribution is -0.118. The molecule has 0 radical (unpaired) electrons. The van der Waals surface area contributed by atoms with Crippen molar-refractivity contribution in [2.24, 2.45) is 0 Å². The van der Waals surface area contributed by atoms with Crippen LogP contribution in [0.15, 0.2) is 112 Å². The van der Waals surface area contributed by atoms with Crippen LogP contribution >= 0.6 is 11.8 Å². The van der Waals surface area contributed by atoms with E-state index in [9.17, 15) is 17.6 Å². The highest BCUT2D eigenvalue weighted by molar-refractivity contribution is 7.99. The fourth-order valence-electron chi connectivity index (χ4n) is 3.29. The van der Waals surface area contributed by atoms with E-state index >= 15 is 0 Å². The quantitative estimate of drug-likeness (QED) is 0.277. The van der Waals surface area contributed by atoms with Crippen LogP contribution in [0.3, 0.4) is 0 Å². The van der Waals surface area contributed by atoms with Gasteiger partial charge in [-0.3, -0.25) is 9.52 Å². The number of ether oxygens (including phenoxy) is 1. The second kappa shape index (κ2) is 11.3. The Kier molecular flexibility index (Phi) is 7.92. The molecule has 0 heterocycles. The maximum Gasteiger partial charge on any atom is 0.262 e. The minimum absolute atomic E-state index is 0.0213. The second-order valence-electron chi connectivity index (χ2n) is 7.79. The van der Waals surface area contributed by atoms with Gasteiger partial charge in [0.2, 0.25) is 0 Å². The monoisotopic (exact) mass is 522 g/mol. The number of carbonyl (C=O) groups is 1. The Morgan fingerprint density at radius 1 is 0.917 bits per heavy atom. The van der Waals surface area contributed by atoms with Crippen LogP contribution in [-0.4, -0.2) is 20.9 Å². The molecule has 1 amide bonds. The summed E-state index contributed by atoms with van der Waals surface area (Å²) in [5.41, 5.74) is 1.46. The van der Waals surface area contributed by atoms with E-state index in [1.807, 2.05) is 54.6 Å². The van der Waals surface area contributed by atoms with Gasteiger partial charge in [-0.15, -0.1) is 0 Å². The lowest BCUT2D eigenvalue weighted by atomic mass is 10.2. The fourth-order valence-corrected chi connectivity index (χ4v) is 5.35. The highest BCUT2D eigenvalue weighted by atomic mass is 32.2. The van der Waals surface area contributed by atoms with E-state index in [4.69, 9.17) is 4.74 Å². The Bertz CT molecular complexity index is 1460. The van der Waals surface area contributed by atoms with Gasteiger partial charge in [-0.1, -0.05) is 42.1 Å². The number of carbonyl (C=O) groups excluding carboxylic acids is 1. The maximum absolute atomic E-state index is 13.1. The van der Waals surface area contributed by atoms with E-state index in [0.717, 1.165) is 9.79 Å². The van der Waals surface area contributed by atoms with Gasteiger partial charge in [0.15, 0.2) is 6.61 Å². The number of hydrogen-bond acceptors (Lipinski definition) is 5. The molecule has 4 aromatic rings. The first-order chi connectivity index (χ1) is 17.3. The zero-order valence-electron chi connectivity index (χ0n) is 19.3. The van der Waals surface area contributed by atoms with E-state index < -0.39 is 15.8 Å². The van der Waals surface area contributed by atoms with E-state index in [1.165, 1.54) is 42.5 Å². The molecule has 0 unspecified atom stereocenters. The first-order valence-electron chi connectivity index (χ1n) is 10.9. The number of nitrogens with one attached hydrogen (secondary N) is 2. The molecular formula is C27H23FN2O4S2. The average Bonchev–Trinajstić information content (AvgIpc) is 2.86. The smallest absolute Gasteiger partial charge is 0.262 e. The normalized spacial score (nSPS) is 11.1. The van der Waals surface area contributed by atoms with Crippen molar-refractivity contribution < 1.29 is 22.3 Å². The summed E-state index contributed by atoms with van der Waals surface area (Å²) in [5, 5.41) is 2.87. The van der Waals surface area contributed by atoms with Crippen LogP contribution in [0.5, 0.6) is 5.75 Å². The summed E-state index contributed by atoms with van der Waals surface area (Å²) >= 11 is 1.54. The molecular weight excluding hydrogens is 499 g/mol. The van der Waals surface area contributed by atoms with Crippen LogP contribution in [0.4, 0.5) is 15.8 Å². The predicted octanol–water partition coefficient (Wildman–Crippen LogP) is 6.10. The van der Waals surface area contributed by atoms with E-state index in [2.05, 4.69) is 10.0 Å². The Morgan fingerprint density at radius 3 is 2.33 bits per heavy atom. The lowest BCUT2D eigenvalue weighted by Crippen LogP contribution is -2.21. The van der Waals surface area contributed by atoms with Gasteiger partial charge in [-0.05, 0) is 79.2 Å². The maximum atomic E-state index is 13.1. The number of sulfonamides is 1. The minimum Gasteiger partial charge on any atom is -0.483 e. The Morgan fingerprint density at radius 2 is 1.61 bits per heavy atom. The van der Waals surface area contributed by atoms with E-state index in [-0.39, 0.29) is 23.1 Å². The third-order valence-electron chi connectivity index (χ3n) is 5.04. The molecule has 6 nitrogen and oxygen atoms in total. The average molecular weight is 523 g/mol. The number of amides is 1. The molecule has 0 aromatic heterocycles. The second-order valence-corrected chi connectivity index (χ2v) is 10.6. The Hall–Kier alpha value is -3.82. The van der Waals surface area contributed by atoms with Gasteiger partial charge >= 0.3 is 0 Å². The first kappa shape index (κ1) is 25.3. The number of anilines is 2. The fraction of sp³-hybridized carbons (Fsp3) is 0.0741. The summed E-state index contributed by atoms with van der Waals surface area (Å²) < 4.78 is 46.5. The number of benzene rings is 4. The molecule has 0 aliphatic carbocycles. The zero-order chi connectivity index (χ0) is 25.5. The molecule has 0 bridgehead atoms. The first-order valence-corrected chi connectivity index (χ1v) is 13.2. The van der Waals surface area contributed by atoms with Gasteiger partial charge < -0.3 is 10.1 Å². The van der Waals surface area contributed by atoms with Gasteiger partial charge in [-0.25, -0.2) is 12.8 Å². The van der Waals surface area contributed by atoms with Crippen molar-refractivity contribution in [2.75, 3.05) is 16.6 Å². The molecule has 0 saturated heterocycles. The molecule has 0 spiro atoms. The molecule has 0 aliphatic heterocycles. The van der Waals surface area contributed by atoms with Crippen LogP contribution < -0.4 is 14.8 Å². The molecule has 2 N–H and O–H groups in total. The molecule has 0 aliphatic rings. The Labute approximate surface area is 213 Å². The summed E-state index contributed by atoms with van der Waals surface area (Å²) in [6.45, 7) is 1.45. The standard InChI is InChI=1S/C27H23FN2O4S2/c1-19-17-23(36(32,33)30-21-13-11-20(28)12-14-21)15-16-25(19)34-18-27(31)29-24-9-5-6-10-26(24)35-22-7-3-2-4-8-22/h2-17,30H,18H2,1H3,(H,29,31). The molecule has 184 valence electrons. The number of rotatable bonds is 9. The van der Waals surface area contributed by atoms with Crippen LogP contribution in [-0.2, 0) is 14.8 Å². The largest absolute Gasteiger partial charge is 0.483 e. The van der Waals surface area contributed by atoms with Crippen molar-refractivity contribution in [1.82, 2.24) is 0 Å². The van der Waals surface area contributed by atoms with E-state index in [0.29, 0.717) is 17.0 Å². The van der Waals surface area contributed by atoms with E-state index in [1.54, 1.807) is 18.7 Å². The van der Waals surface area contributed by atoms with Crippen LogP contribution in [0, 0.1) is 12.7 Å². The lowest BCUT2D eigenvalue weighted by Gasteiger charge is -2.13. The van der Waals surface area contributed by atoms with Crippen molar-refractivity contribution in [1.29, 1.82) is 0 Å². The molecule has 4 aromatic carbocycles. The third-order valence-corrected chi connectivity index (χ3v) is 7.51. The SMILES string of the molecule is Cc1cc(S(=O)(=O)Nc2ccc(F)cc2)ccc1OCC(=O)Nc1ccccc1Sc1ccccc1. The van der Waals surface area contributed by atoms with Gasteiger partial charge in [0.05, 0.1) is 10.6 Å². The van der Waals surface area contributed by atoms with Crippen LogP contribution in [0.25, 0.3) is 0 Å². The van der Waals surface area contributed by atoms with Crippen molar-refractivity contribution in [3.63, 3.8) is 0 Å². The third kappa shape index (κ3) is 6.65. The molecule has 0 saturated carbocycles. The van der Waals surface area contributed by atoms with Crippen LogP contribution in [0.1, 0.15) is 5.56 Å². The summed E-state index contributed by atoms with van der Waals surface area (Å²) in [6, 6.07) is 26.7. The molecule has 9 heteroatoms. The molecule has 0 atom stereocenters. The predicted molar refractivity (Wildman–Crippen MR) is 140 cm³/mol. The summed E-state index contributed by atoms with van der Waals surface area (Å²) in [6.07, 6.45) is 0. The van der Waals surface area contributed by atoms with Crippen molar-refractivity contribution in [2.45, 2.75) is 21.6 Å². The van der Waals surface area contributed by atoms with Gasteiger partial charge in [0.1, 0.15) is 11.6 Å². The summed E-state index contributed by atoms with van der Waals surface area (Å²) in [4.78, 5) is 14.5. The zero-order valence-corrected chi connectivity index (χ0v) is 20.9. The molecule has 0 fully saturated rings. The van der Waals surface area contributed by atoms with Crippen LogP contribution in [0.2, 0.25) is 0 Å². The van der Waals surface area contributed by atoms with Crippen molar-refractivity contribution in [3.05, 3.63) is 108 Å². The number of para-hydroxylation sites is 1. The summed E-state index contributed by atoms with van der Waals surface area (Å²) in [5.74, 6) is -0.416. The van der Waals surface area contributed by atoms with Gasteiger partial charge in [0.25, 0.3) is 15.9 Å². The summed E-state index contributed by atoms with van der Waals surface area (Å²) in [7, 11) is -3.88. The molecule has 36 heavy (non-hydrogen) atoms. The highest BCUT2D eigenvalue weighted by Crippen LogP contribution is 2.33. The Balaban J connectivity index is 1.38. The minimum atomic E-state index is -3.88. The van der Waals surface area contributed by atoms with Gasteiger partial charge in [0, 0.05) is 15.5 Å². The number of aryl methyl sites for hydroxylation is 1. The van der Waals surface area contributed by atoms with Gasteiger partial charge in [-0.2, -0.15) is 0 Å². The number of hydrogen-bond donors (Lipinski definition) is 2.